The molecular weight excluding hydrogens is 345 g/mol. The maximum Gasteiger partial charge on any atom is 0.327 e. The molecule has 134 valence electrons. The fourth-order valence-corrected chi connectivity index (χ4v) is 3.66. The standard InChI is InChI=1S/C21H16FN3O2/c22-11-14-2-1-3-16(10-14)25-17-8-9-18(26)19(17)20(24-21(25)27)15-6-4-13(12-23)5-7-15/h1-7,10,20H,8-9,11H2,(H,24,27). The average Bonchev–Trinajstić information content (AvgIpc) is 3.09. The van der Waals surface area contributed by atoms with E-state index in [2.05, 4.69) is 11.4 Å². The Kier molecular flexibility index (Phi) is 4.21. The number of halogens is 1. The molecule has 5 nitrogen and oxygen atoms in total. The average molecular weight is 361 g/mol. The molecule has 1 unspecified atom stereocenters. The van der Waals surface area contributed by atoms with Crippen molar-refractivity contribution < 1.29 is 14.0 Å². The Hall–Kier alpha value is -3.46. The van der Waals surface area contributed by atoms with Crippen LogP contribution in [0.4, 0.5) is 14.9 Å². The van der Waals surface area contributed by atoms with E-state index < -0.39 is 12.7 Å². The maximum absolute atomic E-state index is 13.0. The molecule has 2 aliphatic rings. The van der Waals surface area contributed by atoms with Crippen LogP contribution >= 0.6 is 0 Å². The summed E-state index contributed by atoms with van der Waals surface area (Å²) in [6.07, 6.45) is 0.805. The molecule has 4 rings (SSSR count). The van der Waals surface area contributed by atoms with Crippen molar-refractivity contribution in [3.63, 3.8) is 0 Å². The van der Waals surface area contributed by atoms with Crippen molar-refractivity contribution in [1.29, 1.82) is 5.26 Å². The van der Waals surface area contributed by atoms with E-state index in [1.165, 1.54) is 4.90 Å². The number of alkyl halides is 1. The van der Waals surface area contributed by atoms with Gasteiger partial charge >= 0.3 is 6.03 Å². The number of ketones is 1. The summed E-state index contributed by atoms with van der Waals surface area (Å²) in [5.74, 6) is -0.00833. The number of carbonyl (C=O) groups is 2. The summed E-state index contributed by atoms with van der Waals surface area (Å²) < 4.78 is 13.0. The van der Waals surface area contributed by atoms with Gasteiger partial charge in [-0.05, 0) is 41.8 Å². The number of nitrogens with one attached hydrogen (secondary N) is 1. The highest BCUT2D eigenvalue weighted by atomic mass is 19.1. The van der Waals surface area contributed by atoms with Gasteiger partial charge in [-0.25, -0.2) is 9.18 Å². The first-order valence-electron chi connectivity index (χ1n) is 8.64. The Morgan fingerprint density at radius 3 is 2.63 bits per heavy atom. The molecule has 0 fully saturated rings. The smallest absolute Gasteiger partial charge is 0.326 e. The van der Waals surface area contributed by atoms with Crippen LogP contribution < -0.4 is 10.2 Å². The minimum Gasteiger partial charge on any atom is -0.326 e. The first-order valence-corrected chi connectivity index (χ1v) is 8.64. The van der Waals surface area contributed by atoms with Gasteiger partial charge in [0.05, 0.1) is 23.4 Å². The molecule has 27 heavy (non-hydrogen) atoms. The summed E-state index contributed by atoms with van der Waals surface area (Å²) in [6.45, 7) is -0.623. The number of hydrogen-bond acceptors (Lipinski definition) is 3. The lowest BCUT2D eigenvalue weighted by Crippen LogP contribution is -2.47. The minimum absolute atomic E-state index is 0.00833. The van der Waals surface area contributed by atoms with Crippen LogP contribution in [0.5, 0.6) is 0 Å². The Bertz CT molecular complexity index is 1000. The number of carbonyl (C=O) groups excluding carboxylic acids is 2. The van der Waals surface area contributed by atoms with E-state index in [4.69, 9.17) is 5.26 Å². The van der Waals surface area contributed by atoms with E-state index in [9.17, 15) is 14.0 Å². The van der Waals surface area contributed by atoms with Crippen LogP contribution in [-0.4, -0.2) is 11.8 Å². The summed E-state index contributed by atoms with van der Waals surface area (Å²) in [7, 11) is 0. The lowest BCUT2D eigenvalue weighted by Gasteiger charge is -2.34. The van der Waals surface area contributed by atoms with Crippen molar-refractivity contribution in [3.05, 3.63) is 76.5 Å². The molecule has 1 aliphatic carbocycles. The molecule has 1 aliphatic heterocycles. The van der Waals surface area contributed by atoms with Crippen LogP contribution in [0.3, 0.4) is 0 Å². The topological polar surface area (TPSA) is 73.2 Å². The molecule has 6 heteroatoms. The summed E-state index contributed by atoms with van der Waals surface area (Å²) in [5, 5.41) is 11.8. The van der Waals surface area contributed by atoms with Crippen LogP contribution in [0.15, 0.2) is 59.8 Å². The number of rotatable bonds is 3. The van der Waals surface area contributed by atoms with Gasteiger partial charge in [-0.3, -0.25) is 9.69 Å². The van der Waals surface area contributed by atoms with Gasteiger partial charge in [-0.15, -0.1) is 0 Å². The van der Waals surface area contributed by atoms with Crippen LogP contribution in [0, 0.1) is 11.3 Å². The molecular formula is C21H16FN3O2. The molecule has 1 atom stereocenters. The van der Waals surface area contributed by atoms with Crippen LogP contribution in [-0.2, 0) is 11.5 Å². The van der Waals surface area contributed by atoms with Crippen molar-refractivity contribution in [2.75, 3.05) is 4.90 Å². The molecule has 0 saturated carbocycles. The molecule has 2 amide bonds. The second-order valence-electron chi connectivity index (χ2n) is 6.54. The SMILES string of the molecule is N#Cc1ccc(C2NC(=O)N(c3cccc(CF)c3)C3=C2C(=O)CC3)cc1. The van der Waals surface area contributed by atoms with Gasteiger partial charge in [-0.2, -0.15) is 5.26 Å². The third-order valence-corrected chi connectivity index (χ3v) is 4.93. The highest BCUT2D eigenvalue weighted by Crippen LogP contribution is 2.40. The van der Waals surface area contributed by atoms with Gasteiger partial charge < -0.3 is 5.32 Å². The molecule has 1 heterocycles. The Balaban J connectivity index is 1.80. The zero-order chi connectivity index (χ0) is 19.0. The van der Waals surface area contributed by atoms with Crippen molar-refractivity contribution in [3.8, 4) is 6.07 Å². The summed E-state index contributed by atoms with van der Waals surface area (Å²) in [4.78, 5) is 26.9. The van der Waals surface area contributed by atoms with E-state index in [1.54, 1.807) is 48.5 Å². The van der Waals surface area contributed by atoms with E-state index in [0.717, 1.165) is 5.56 Å². The maximum atomic E-state index is 13.0. The van der Waals surface area contributed by atoms with Crippen LogP contribution in [0.1, 0.15) is 35.6 Å². The molecule has 2 aromatic carbocycles. The Morgan fingerprint density at radius 1 is 1.15 bits per heavy atom. The summed E-state index contributed by atoms with van der Waals surface area (Å²) in [5.41, 5.74) is 3.50. The minimum atomic E-state index is -0.623. The van der Waals surface area contributed by atoms with Crippen LogP contribution in [0.2, 0.25) is 0 Å². The largest absolute Gasteiger partial charge is 0.327 e. The third kappa shape index (κ3) is 2.87. The van der Waals surface area contributed by atoms with Crippen LogP contribution in [0.25, 0.3) is 0 Å². The van der Waals surface area contributed by atoms with E-state index >= 15 is 0 Å². The van der Waals surface area contributed by atoms with E-state index in [1.807, 2.05) is 0 Å². The lowest BCUT2D eigenvalue weighted by atomic mass is 9.94. The quantitative estimate of drug-likeness (QED) is 0.901. The highest BCUT2D eigenvalue weighted by molar-refractivity contribution is 6.08. The monoisotopic (exact) mass is 361 g/mol. The number of nitriles is 1. The predicted octanol–water partition coefficient (Wildman–Crippen LogP) is 3.92. The van der Waals surface area contributed by atoms with Gasteiger partial charge in [0.25, 0.3) is 0 Å². The second kappa shape index (κ2) is 6.69. The van der Waals surface area contributed by atoms with Gasteiger partial charge in [0.1, 0.15) is 6.67 Å². The number of nitrogens with zero attached hydrogens (tertiary/aromatic N) is 2. The molecule has 0 saturated heterocycles. The zero-order valence-corrected chi connectivity index (χ0v) is 14.4. The molecule has 0 spiro atoms. The Labute approximate surface area is 155 Å². The first-order chi connectivity index (χ1) is 13.1. The number of anilines is 1. The normalized spacial score (nSPS) is 19.0. The molecule has 2 aromatic rings. The van der Waals surface area contributed by atoms with E-state index in [0.29, 0.717) is 40.9 Å². The van der Waals surface area contributed by atoms with Crippen molar-refractivity contribution >= 4 is 17.5 Å². The van der Waals surface area contributed by atoms with Crippen molar-refractivity contribution in [1.82, 2.24) is 5.32 Å². The number of hydrogen-bond donors (Lipinski definition) is 1. The number of urea groups is 1. The number of benzene rings is 2. The molecule has 0 bridgehead atoms. The van der Waals surface area contributed by atoms with Gasteiger partial charge in [-0.1, -0.05) is 24.3 Å². The van der Waals surface area contributed by atoms with E-state index in [-0.39, 0.29) is 11.8 Å². The molecule has 1 N–H and O–H groups in total. The number of amides is 2. The number of allylic oxidation sites excluding steroid dienone is 1. The van der Waals surface area contributed by atoms with Gasteiger partial charge in [0.2, 0.25) is 0 Å². The lowest BCUT2D eigenvalue weighted by molar-refractivity contribution is -0.115. The number of Topliss-reactive ketones (excluding diaryl/α,β-unsaturated/α-hetero) is 1. The van der Waals surface area contributed by atoms with Gasteiger partial charge in [0.15, 0.2) is 5.78 Å². The van der Waals surface area contributed by atoms with Crippen molar-refractivity contribution in [2.24, 2.45) is 0 Å². The molecule has 0 radical (unpaired) electrons. The zero-order valence-electron chi connectivity index (χ0n) is 14.4. The van der Waals surface area contributed by atoms with Gasteiger partial charge in [0, 0.05) is 17.7 Å². The summed E-state index contributed by atoms with van der Waals surface area (Å²) in [6, 6.07) is 14.7. The third-order valence-electron chi connectivity index (χ3n) is 4.93. The fourth-order valence-electron chi connectivity index (χ4n) is 3.66. The first kappa shape index (κ1) is 17.0. The predicted molar refractivity (Wildman–Crippen MR) is 97.4 cm³/mol. The summed E-state index contributed by atoms with van der Waals surface area (Å²) >= 11 is 0. The second-order valence-corrected chi connectivity index (χ2v) is 6.54. The Morgan fingerprint density at radius 2 is 1.93 bits per heavy atom. The molecule has 0 aromatic heterocycles. The fraction of sp³-hybridized carbons (Fsp3) is 0.190. The highest BCUT2D eigenvalue weighted by Gasteiger charge is 2.41. The van der Waals surface area contributed by atoms with Crippen molar-refractivity contribution in [2.45, 2.75) is 25.6 Å².